The molecule has 11 nitrogen and oxygen atoms in total. The zero-order chi connectivity index (χ0) is 33.1. The number of halogens is 2. The lowest BCUT2D eigenvalue weighted by Gasteiger charge is -2.41. The standard InChI is InChI=1S/C34H45Br2N7O4/c1-39-11-4-12-40(18-17-39)25-7-13-41(14-8-25)32(45)30(21-23-19-27(35)31(44)28(36)20-23)38-33(46)42-15-9-26(10-16-42)43-22-24-5-2-3-6-29(24)37-34(43)47/h2-3,5-6,19-20,25-26,30,44H,4,7-18,21-22H2,1H3,(H,37,47)(H,38,46)/t30-/m1/s1. The number of phenolic OH excluding ortho intramolecular Hbond substituents is 1. The van der Waals surface area contributed by atoms with E-state index in [1.807, 2.05) is 34.1 Å². The van der Waals surface area contributed by atoms with Crippen molar-refractivity contribution in [3.63, 3.8) is 0 Å². The van der Waals surface area contributed by atoms with Gasteiger partial charge in [0.2, 0.25) is 5.91 Å². The summed E-state index contributed by atoms with van der Waals surface area (Å²) in [4.78, 5) is 51.2. The first-order valence-electron chi connectivity index (χ1n) is 16.8. The van der Waals surface area contributed by atoms with Gasteiger partial charge in [-0.2, -0.15) is 0 Å². The van der Waals surface area contributed by atoms with Crippen LogP contribution in [0, 0.1) is 0 Å². The van der Waals surface area contributed by atoms with Gasteiger partial charge in [-0.15, -0.1) is 0 Å². The molecule has 2 aromatic carbocycles. The number of urea groups is 2. The molecule has 3 fully saturated rings. The second-order valence-corrected chi connectivity index (χ2v) is 15.0. The summed E-state index contributed by atoms with van der Waals surface area (Å²) in [5, 5.41) is 16.3. The van der Waals surface area contributed by atoms with Crippen LogP contribution in [0.4, 0.5) is 15.3 Å². The molecular weight excluding hydrogens is 730 g/mol. The molecule has 4 aliphatic rings. The van der Waals surface area contributed by atoms with Crippen LogP contribution in [0.1, 0.15) is 43.2 Å². The summed E-state index contributed by atoms with van der Waals surface area (Å²) < 4.78 is 1.05. The Balaban J connectivity index is 1.09. The van der Waals surface area contributed by atoms with Crippen molar-refractivity contribution in [2.45, 2.75) is 63.2 Å². The number of likely N-dealkylation sites (tertiary alicyclic amines) is 2. The average Bonchev–Trinajstić information content (AvgIpc) is 3.30. The predicted molar refractivity (Wildman–Crippen MR) is 188 cm³/mol. The van der Waals surface area contributed by atoms with E-state index in [4.69, 9.17) is 0 Å². The number of nitrogens with one attached hydrogen (secondary N) is 2. The Morgan fingerprint density at radius 2 is 1.57 bits per heavy atom. The van der Waals surface area contributed by atoms with Gasteiger partial charge in [-0.3, -0.25) is 9.69 Å². The number of rotatable bonds is 6. The largest absolute Gasteiger partial charge is 0.506 e. The molecule has 5 amide bonds. The Morgan fingerprint density at radius 3 is 2.30 bits per heavy atom. The number of para-hydroxylation sites is 1. The normalized spacial score (nSPS) is 21.2. The molecule has 4 heterocycles. The van der Waals surface area contributed by atoms with Crippen LogP contribution in [0.5, 0.6) is 5.75 Å². The topological polar surface area (TPSA) is 112 Å². The van der Waals surface area contributed by atoms with Crippen LogP contribution in [0.15, 0.2) is 45.3 Å². The van der Waals surface area contributed by atoms with Gasteiger partial charge in [0, 0.05) is 70.0 Å². The van der Waals surface area contributed by atoms with Crippen LogP contribution < -0.4 is 10.6 Å². The molecule has 0 saturated carbocycles. The van der Waals surface area contributed by atoms with Crippen molar-refractivity contribution in [2.24, 2.45) is 0 Å². The van der Waals surface area contributed by atoms with E-state index in [0.717, 1.165) is 62.3 Å². The van der Waals surface area contributed by atoms with Gasteiger partial charge in [0.1, 0.15) is 11.8 Å². The Bertz CT molecular complexity index is 1440. The predicted octanol–water partition coefficient (Wildman–Crippen LogP) is 4.68. The maximum atomic E-state index is 14.1. The molecule has 3 saturated heterocycles. The Hall–Kier alpha value is -2.87. The molecule has 1 atom stereocenters. The third kappa shape index (κ3) is 8.06. The molecule has 3 N–H and O–H groups in total. The van der Waals surface area contributed by atoms with E-state index in [1.165, 1.54) is 0 Å². The third-order valence-corrected chi connectivity index (χ3v) is 11.4. The van der Waals surface area contributed by atoms with Crippen LogP contribution in [-0.2, 0) is 17.8 Å². The number of carbonyl (C=O) groups excluding carboxylic acids is 3. The number of benzene rings is 2. The fourth-order valence-corrected chi connectivity index (χ4v) is 8.69. The molecule has 254 valence electrons. The smallest absolute Gasteiger partial charge is 0.322 e. The van der Waals surface area contributed by atoms with E-state index >= 15 is 0 Å². The van der Waals surface area contributed by atoms with Gasteiger partial charge in [0.05, 0.1) is 8.95 Å². The Labute approximate surface area is 293 Å². The summed E-state index contributed by atoms with van der Waals surface area (Å²) in [6, 6.07) is 10.8. The van der Waals surface area contributed by atoms with Crippen molar-refractivity contribution in [1.29, 1.82) is 0 Å². The number of nitrogens with zero attached hydrogens (tertiary/aromatic N) is 5. The molecule has 47 heavy (non-hydrogen) atoms. The number of hydrogen-bond donors (Lipinski definition) is 3. The molecule has 4 aliphatic heterocycles. The molecule has 0 aliphatic carbocycles. The number of likely N-dealkylation sites (N-methyl/N-ethyl adjacent to an activating group) is 1. The van der Waals surface area contributed by atoms with E-state index < -0.39 is 6.04 Å². The van der Waals surface area contributed by atoms with E-state index in [9.17, 15) is 19.5 Å². The SMILES string of the molecule is CN1CCCN(C2CCN(C(=O)[C@@H](Cc3cc(Br)c(O)c(Br)c3)NC(=O)N3CCC(N4Cc5ccccc5NC4=O)CC3)CC2)CC1. The number of piperidine rings is 2. The maximum Gasteiger partial charge on any atom is 0.322 e. The summed E-state index contributed by atoms with van der Waals surface area (Å²) in [6.07, 6.45) is 4.64. The number of hydrogen-bond acceptors (Lipinski definition) is 6. The molecule has 0 spiro atoms. The van der Waals surface area contributed by atoms with Crippen molar-refractivity contribution in [3.8, 4) is 5.75 Å². The van der Waals surface area contributed by atoms with Gasteiger partial charge in [0.25, 0.3) is 0 Å². The fraction of sp³-hybridized carbons (Fsp3) is 0.559. The van der Waals surface area contributed by atoms with Crippen molar-refractivity contribution in [3.05, 3.63) is 56.5 Å². The first-order chi connectivity index (χ1) is 22.7. The Morgan fingerprint density at radius 1 is 0.915 bits per heavy atom. The lowest BCUT2D eigenvalue weighted by Crippen LogP contribution is -2.57. The van der Waals surface area contributed by atoms with Gasteiger partial charge in [-0.1, -0.05) is 18.2 Å². The molecule has 6 rings (SSSR count). The molecule has 0 unspecified atom stereocenters. The Kier molecular flexibility index (Phi) is 10.9. The highest BCUT2D eigenvalue weighted by Crippen LogP contribution is 2.34. The summed E-state index contributed by atoms with van der Waals surface area (Å²) in [7, 11) is 2.18. The number of phenols is 1. The monoisotopic (exact) mass is 773 g/mol. The minimum atomic E-state index is -0.753. The number of carbonyl (C=O) groups is 3. The number of aromatic hydroxyl groups is 1. The van der Waals surface area contributed by atoms with Gasteiger partial charge < -0.3 is 35.3 Å². The third-order valence-electron chi connectivity index (χ3n) is 10.2. The quantitative estimate of drug-likeness (QED) is 0.394. The average molecular weight is 776 g/mol. The summed E-state index contributed by atoms with van der Waals surface area (Å²) >= 11 is 6.82. The van der Waals surface area contributed by atoms with Crippen molar-refractivity contribution < 1.29 is 19.5 Å². The first kappa shape index (κ1) is 34.0. The van der Waals surface area contributed by atoms with Crippen molar-refractivity contribution in [2.75, 3.05) is 64.7 Å². The van der Waals surface area contributed by atoms with Crippen LogP contribution in [0.3, 0.4) is 0 Å². The first-order valence-corrected chi connectivity index (χ1v) is 18.3. The molecule has 13 heteroatoms. The summed E-state index contributed by atoms with van der Waals surface area (Å²) in [5.41, 5.74) is 2.76. The van der Waals surface area contributed by atoms with Crippen molar-refractivity contribution in [1.82, 2.24) is 29.8 Å². The molecule has 0 radical (unpaired) electrons. The minimum Gasteiger partial charge on any atom is -0.506 e. The van der Waals surface area contributed by atoms with E-state index in [1.54, 1.807) is 17.0 Å². The second kappa shape index (κ2) is 15.1. The lowest BCUT2D eigenvalue weighted by atomic mass is 9.99. The van der Waals surface area contributed by atoms with Crippen LogP contribution in [0.25, 0.3) is 0 Å². The molecular formula is C34H45Br2N7O4. The van der Waals surface area contributed by atoms with Gasteiger partial charge in [-0.05, 0) is 113 Å². The molecule has 0 bridgehead atoms. The molecule has 2 aromatic rings. The highest BCUT2D eigenvalue weighted by molar-refractivity contribution is 9.11. The second-order valence-electron chi connectivity index (χ2n) is 13.3. The number of fused-ring (bicyclic) bond motifs is 1. The molecule has 0 aromatic heterocycles. The van der Waals surface area contributed by atoms with Crippen LogP contribution >= 0.6 is 31.9 Å². The fourth-order valence-electron chi connectivity index (χ4n) is 7.41. The van der Waals surface area contributed by atoms with Crippen LogP contribution in [-0.4, -0.2) is 125 Å². The van der Waals surface area contributed by atoms with Crippen molar-refractivity contribution >= 4 is 55.5 Å². The highest BCUT2D eigenvalue weighted by atomic mass is 79.9. The zero-order valence-electron chi connectivity index (χ0n) is 27.0. The van der Waals surface area contributed by atoms with Gasteiger partial charge in [0.15, 0.2) is 0 Å². The van der Waals surface area contributed by atoms with Crippen LogP contribution in [0.2, 0.25) is 0 Å². The highest BCUT2D eigenvalue weighted by Gasteiger charge is 2.36. The lowest BCUT2D eigenvalue weighted by molar-refractivity contribution is -0.134. The van der Waals surface area contributed by atoms with E-state index in [-0.39, 0.29) is 29.8 Å². The summed E-state index contributed by atoms with van der Waals surface area (Å²) in [6.45, 7) is 7.22. The van der Waals surface area contributed by atoms with Gasteiger partial charge in [-0.25, -0.2) is 9.59 Å². The van der Waals surface area contributed by atoms with Gasteiger partial charge >= 0.3 is 12.1 Å². The zero-order valence-corrected chi connectivity index (χ0v) is 30.1. The minimum absolute atomic E-state index is 0.0300. The number of amides is 5. The van der Waals surface area contributed by atoms with E-state index in [0.29, 0.717) is 67.0 Å². The maximum absolute atomic E-state index is 14.1. The number of anilines is 1. The summed E-state index contributed by atoms with van der Waals surface area (Å²) in [5.74, 6) is 0.0162. The van der Waals surface area contributed by atoms with E-state index in [2.05, 4.69) is 59.3 Å².